The van der Waals surface area contributed by atoms with Crippen LogP contribution in [-0.4, -0.2) is 28.9 Å². The SMILES string of the molecule is CC1COP(=O)(C2(C)CCC=[N+]2[O-])OC1C. The summed E-state index contributed by atoms with van der Waals surface area (Å²) in [5, 5.41) is 10.7. The molecule has 6 heteroatoms. The van der Waals surface area contributed by atoms with Gasteiger partial charge in [-0.3, -0.25) is 4.57 Å². The molecule has 0 saturated carbocycles. The number of hydrogen-bond acceptors (Lipinski definition) is 4. The Morgan fingerprint density at radius 2 is 2.25 bits per heavy atom. The molecule has 4 atom stereocenters. The van der Waals surface area contributed by atoms with E-state index >= 15 is 0 Å². The molecule has 0 radical (unpaired) electrons. The van der Waals surface area contributed by atoms with Crippen LogP contribution in [0.2, 0.25) is 0 Å². The molecule has 0 aromatic carbocycles. The molecular formula is C10H18NO4P. The summed E-state index contributed by atoms with van der Waals surface area (Å²) in [5.74, 6) is 0.205. The van der Waals surface area contributed by atoms with Gasteiger partial charge >= 0.3 is 7.60 Å². The van der Waals surface area contributed by atoms with Crippen LogP contribution in [0.1, 0.15) is 33.6 Å². The Balaban J connectivity index is 2.27. The van der Waals surface area contributed by atoms with Gasteiger partial charge in [-0.05, 0) is 6.92 Å². The van der Waals surface area contributed by atoms with Crippen LogP contribution in [0.15, 0.2) is 0 Å². The highest BCUT2D eigenvalue weighted by atomic mass is 31.2. The van der Waals surface area contributed by atoms with Gasteiger partial charge in [0, 0.05) is 25.7 Å². The van der Waals surface area contributed by atoms with Gasteiger partial charge < -0.3 is 14.3 Å². The quantitative estimate of drug-likeness (QED) is 0.405. The lowest BCUT2D eigenvalue weighted by Crippen LogP contribution is -2.39. The summed E-state index contributed by atoms with van der Waals surface area (Å²) in [5.41, 5.74) is 0. The average molecular weight is 247 g/mol. The van der Waals surface area contributed by atoms with Gasteiger partial charge in [0.25, 0.3) is 5.28 Å². The summed E-state index contributed by atoms with van der Waals surface area (Å²) in [6.45, 7) is 5.90. The zero-order valence-electron chi connectivity index (χ0n) is 9.88. The number of hydrogen-bond donors (Lipinski definition) is 0. The van der Waals surface area contributed by atoms with E-state index in [-0.39, 0.29) is 12.0 Å². The topological polar surface area (TPSA) is 61.6 Å². The summed E-state index contributed by atoms with van der Waals surface area (Å²) in [7, 11) is -3.34. The second kappa shape index (κ2) is 3.83. The van der Waals surface area contributed by atoms with E-state index in [0.717, 1.165) is 4.74 Å². The lowest BCUT2D eigenvalue weighted by molar-refractivity contribution is -0.507. The first kappa shape index (κ1) is 12.1. The zero-order chi connectivity index (χ0) is 12.0. The van der Waals surface area contributed by atoms with Crippen LogP contribution in [-0.2, 0) is 13.6 Å². The summed E-state index contributed by atoms with van der Waals surface area (Å²) in [6, 6.07) is 0. The van der Waals surface area contributed by atoms with Crippen molar-refractivity contribution in [1.29, 1.82) is 0 Å². The largest absolute Gasteiger partial charge is 0.623 e. The lowest BCUT2D eigenvalue weighted by atomic mass is 10.1. The van der Waals surface area contributed by atoms with Crippen molar-refractivity contribution in [2.24, 2.45) is 5.92 Å². The standard InChI is InChI=1S/C10H18NO4P/c1-8-7-14-16(13,15-9(8)2)10(3)5-4-6-11(10)12/h6,8-9H,4-5,7H2,1-3H3. The summed E-state index contributed by atoms with van der Waals surface area (Å²) in [4.78, 5) is 0. The maximum absolute atomic E-state index is 12.6. The van der Waals surface area contributed by atoms with Gasteiger partial charge in [0.05, 0.1) is 12.7 Å². The molecule has 92 valence electrons. The molecule has 0 N–H and O–H groups in total. The van der Waals surface area contributed by atoms with Gasteiger partial charge in [-0.2, -0.15) is 4.74 Å². The third kappa shape index (κ3) is 1.62. The molecule has 1 saturated heterocycles. The molecule has 4 unspecified atom stereocenters. The van der Waals surface area contributed by atoms with Crippen LogP contribution in [0.5, 0.6) is 0 Å². The Kier molecular flexibility index (Phi) is 2.89. The highest BCUT2D eigenvalue weighted by Gasteiger charge is 2.59. The molecule has 5 nitrogen and oxygen atoms in total. The van der Waals surface area contributed by atoms with Crippen molar-refractivity contribution in [2.45, 2.75) is 45.0 Å². The summed E-state index contributed by atoms with van der Waals surface area (Å²) in [6.07, 6.45) is 2.52. The third-order valence-corrected chi connectivity index (χ3v) is 6.29. The smallest absolute Gasteiger partial charge is 0.402 e. The van der Waals surface area contributed by atoms with Crippen molar-refractivity contribution in [2.75, 3.05) is 6.61 Å². The molecule has 0 aliphatic carbocycles. The summed E-state index contributed by atoms with van der Waals surface area (Å²) < 4.78 is 24.3. The Bertz CT molecular complexity index is 370. The maximum Gasteiger partial charge on any atom is 0.402 e. The van der Waals surface area contributed by atoms with Crippen molar-refractivity contribution in [3.63, 3.8) is 0 Å². The van der Waals surface area contributed by atoms with E-state index in [9.17, 15) is 9.77 Å². The van der Waals surface area contributed by atoms with Crippen molar-refractivity contribution >= 4 is 13.8 Å². The molecule has 0 bridgehead atoms. The Labute approximate surface area is 95.6 Å². The first-order chi connectivity index (χ1) is 7.39. The van der Waals surface area contributed by atoms with E-state index in [0.29, 0.717) is 19.4 Å². The predicted octanol–water partition coefficient (Wildman–Crippen LogP) is 2.34. The van der Waals surface area contributed by atoms with Gasteiger partial charge in [0.2, 0.25) is 0 Å². The fourth-order valence-electron chi connectivity index (χ4n) is 1.98. The molecule has 2 aliphatic rings. The van der Waals surface area contributed by atoms with Crippen LogP contribution in [0.4, 0.5) is 0 Å². The molecular weight excluding hydrogens is 229 g/mol. The van der Waals surface area contributed by atoms with Crippen molar-refractivity contribution < 1.29 is 18.4 Å². The fourth-order valence-corrected chi connectivity index (χ4v) is 4.35. The van der Waals surface area contributed by atoms with Gasteiger partial charge in [0.1, 0.15) is 0 Å². The van der Waals surface area contributed by atoms with Crippen molar-refractivity contribution in [3.05, 3.63) is 5.21 Å². The monoisotopic (exact) mass is 247 g/mol. The van der Waals surface area contributed by atoms with Crippen molar-refractivity contribution in [1.82, 2.24) is 0 Å². The zero-order valence-corrected chi connectivity index (χ0v) is 10.8. The van der Waals surface area contributed by atoms with Crippen LogP contribution < -0.4 is 0 Å². The summed E-state index contributed by atoms with van der Waals surface area (Å²) >= 11 is 0. The predicted molar refractivity (Wildman–Crippen MR) is 60.6 cm³/mol. The number of nitrogens with zero attached hydrogens (tertiary/aromatic N) is 1. The van der Waals surface area contributed by atoms with Gasteiger partial charge in [-0.25, -0.2) is 0 Å². The minimum absolute atomic E-state index is 0.134. The van der Waals surface area contributed by atoms with Crippen LogP contribution >= 0.6 is 7.60 Å². The van der Waals surface area contributed by atoms with E-state index in [1.54, 1.807) is 6.92 Å². The van der Waals surface area contributed by atoms with E-state index in [1.165, 1.54) is 6.21 Å². The minimum Gasteiger partial charge on any atom is -0.623 e. The van der Waals surface area contributed by atoms with E-state index in [1.807, 2.05) is 13.8 Å². The third-order valence-electron chi connectivity index (χ3n) is 3.59. The van der Waals surface area contributed by atoms with Gasteiger partial charge in [0.15, 0.2) is 6.21 Å². The Hall–Kier alpha value is -0.380. The normalized spacial score (nSPS) is 49.1. The molecule has 1 fully saturated rings. The second-order valence-corrected chi connectivity index (χ2v) is 7.27. The molecule has 0 aromatic heterocycles. The van der Waals surface area contributed by atoms with E-state index in [4.69, 9.17) is 9.05 Å². The lowest BCUT2D eigenvalue weighted by Gasteiger charge is -2.38. The van der Waals surface area contributed by atoms with Crippen LogP contribution in [0.3, 0.4) is 0 Å². The van der Waals surface area contributed by atoms with Gasteiger partial charge in [-0.15, -0.1) is 0 Å². The number of hydroxylamine groups is 1. The second-order valence-electron chi connectivity index (χ2n) is 4.85. The molecule has 2 aliphatic heterocycles. The maximum atomic E-state index is 12.6. The minimum atomic E-state index is -3.34. The fraction of sp³-hybridized carbons (Fsp3) is 0.900. The van der Waals surface area contributed by atoms with Crippen molar-refractivity contribution in [3.8, 4) is 0 Å². The number of rotatable bonds is 1. The molecule has 0 spiro atoms. The average Bonchev–Trinajstić information content (AvgIpc) is 2.56. The van der Waals surface area contributed by atoms with Gasteiger partial charge in [-0.1, -0.05) is 6.92 Å². The highest BCUT2D eigenvalue weighted by molar-refractivity contribution is 7.55. The molecule has 2 heterocycles. The molecule has 0 aromatic rings. The van der Waals surface area contributed by atoms with Crippen LogP contribution in [0.25, 0.3) is 0 Å². The Morgan fingerprint density at radius 3 is 2.75 bits per heavy atom. The molecule has 0 amide bonds. The van der Waals surface area contributed by atoms with E-state index < -0.39 is 12.9 Å². The molecule has 16 heavy (non-hydrogen) atoms. The Morgan fingerprint density at radius 1 is 1.56 bits per heavy atom. The first-order valence-electron chi connectivity index (χ1n) is 5.62. The van der Waals surface area contributed by atoms with E-state index in [2.05, 4.69) is 0 Å². The van der Waals surface area contributed by atoms with Crippen LogP contribution in [0, 0.1) is 11.1 Å². The first-order valence-corrected chi connectivity index (χ1v) is 7.16. The molecule has 2 rings (SSSR count). The highest BCUT2D eigenvalue weighted by Crippen LogP contribution is 2.65.